The van der Waals surface area contributed by atoms with Crippen LogP contribution >= 0.6 is 0 Å². The fourth-order valence-electron chi connectivity index (χ4n) is 3.92. The molecule has 5 heteroatoms. The molecule has 188 valence electrons. The number of allylic oxidation sites excluding steroid dienone is 2. The summed E-state index contributed by atoms with van der Waals surface area (Å²) in [5.74, 6) is 0. The van der Waals surface area contributed by atoms with Gasteiger partial charge in [0.2, 0.25) is 0 Å². The van der Waals surface area contributed by atoms with Crippen molar-refractivity contribution in [2.45, 2.75) is 103 Å². The number of aliphatic hydroxyl groups is 2. The van der Waals surface area contributed by atoms with Gasteiger partial charge in [-0.2, -0.15) is 0 Å². The topological polar surface area (TPSA) is 49.7 Å². The Morgan fingerprint density at radius 1 is 0.613 bits per heavy atom. The number of unbranched alkanes of at least 4 members (excludes halogenated alkanes) is 12. The number of quaternary nitrogens is 1. The van der Waals surface area contributed by atoms with E-state index in [0.717, 1.165) is 37.1 Å². The third-order valence-electron chi connectivity index (χ3n) is 6.07. The van der Waals surface area contributed by atoms with E-state index in [1.807, 2.05) is 0 Å². The molecule has 0 spiro atoms. The van der Waals surface area contributed by atoms with Crippen molar-refractivity contribution in [3.05, 3.63) is 12.2 Å². The Bertz CT molecular complexity index is 361. The van der Waals surface area contributed by atoms with Crippen LogP contribution in [0.4, 0.5) is 0 Å². The quantitative estimate of drug-likeness (QED) is 0.131. The summed E-state index contributed by atoms with van der Waals surface area (Å²) < 4.78 is 6.49. The summed E-state index contributed by atoms with van der Waals surface area (Å²) >= 11 is 0. The van der Waals surface area contributed by atoms with Gasteiger partial charge in [-0.25, -0.2) is 0 Å². The fourth-order valence-corrected chi connectivity index (χ4v) is 3.92. The summed E-state index contributed by atoms with van der Waals surface area (Å²) in [6.07, 6.45) is 24.5. The zero-order valence-electron chi connectivity index (χ0n) is 20.8. The summed E-state index contributed by atoms with van der Waals surface area (Å²) in [7, 11) is 2.10. The molecule has 0 bridgehead atoms. The maximum Gasteiger partial charge on any atom is 0.102 e. The van der Waals surface area contributed by atoms with Gasteiger partial charge in [-0.15, -0.1) is 0 Å². The molecule has 0 saturated heterocycles. The van der Waals surface area contributed by atoms with E-state index in [0.29, 0.717) is 13.1 Å². The molecule has 0 aromatic heterocycles. The molecule has 0 amide bonds. The lowest BCUT2D eigenvalue weighted by atomic mass is 10.1. The van der Waals surface area contributed by atoms with Crippen molar-refractivity contribution in [1.82, 2.24) is 0 Å². The first-order valence-electron chi connectivity index (χ1n) is 13.0. The van der Waals surface area contributed by atoms with E-state index in [1.165, 1.54) is 83.5 Å². The number of ether oxygens (including phenoxy) is 1. The third-order valence-corrected chi connectivity index (χ3v) is 6.07. The van der Waals surface area contributed by atoms with Gasteiger partial charge in [0.15, 0.2) is 0 Å². The average Bonchev–Trinajstić information content (AvgIpc) is 2.72. The van der Waals surface area contributed by atoms with E-state index in [1.54, 1.807) is 0 Å². The van der Waals surface area contributed by atoms with Crippen LogP contribution in [0, 0.1) is 0 Å². The standard InChI is InChI=1S/C26H54NO3.ClH/c1-3-4-5-6-7-8-9-10-11-12-13-14-15-16-17-18-25-30-26-19-20-27(2,21-23-28)22-24-29;/h10-11,28-29H,3-9,12-26H2,1-2H3;1H/q+1;/p-1/b11-10-;. The highest BCUT2D eigenvalue weighted by atomic mass is 35.5. The van der Waals surface area contributed by atoms with E-state index < -0.39 is 0 Å². The zero-order chi connectivity index (χ0) is 22.2. The largest absolute Gasteiger partial charge is 1.00 e. The van der Waals surface area contributed by atoms with Gasteiger partial charge in [0.1, 0.15) is 13.1 Å². The number of nitrogens with zero attached hydrogens (tertiary/aromatic N) is 1. The van der Waals surface area contributed by atoms with Gasteiger partial charge in [-0.1, -0.05) is 76.9 Å². The molecule has 0 atom stereocenters. The lowest BCUT2D eigenvalue weighted by molar-refractivity contribution is -0.910. The molecule has 0 heterocycles. The summed E-state index contributed by atoms with van der Waals surface area (Å²) in [6, 6.07) is 0. The van der Waals surface area contributed by atoms with Crippen LogP contribution in [0.1, 0.15) is 103 Å². The smallest absolute Gasteiger partial charge is 0.102 e. The van der Waals surface area contributed by atoms with Crippen molar-refractivity contribution in [3.8, 4) is 0 Å². The van der Waals surface area contributed by atoms with Gasteiger partial charge >= 0.3 is 0 Å². The number of hydrogen-bond acceptors (Lipinski definition) is 3. The predicted octanol–water partition coefficient (Wildman–Crippen LogP) is 2.87. The number of hydrogen-bond donors (Lipinski definition) is 2. The first-order chi connectivity index (χ1) is 14.7. The van der Waals surface area contributed by atoms with Crippen LogP contribution in [0.3, 0.4) is 0 Å². The molecule has 0 rings (SSSR count). The minimum absolute atomic E-state index is 0. The highest BCUT2D eigenvalue weighted by Crippen LogP contribution is 2.10. The first kappa shape index (κ1) is 33.0. The Morgan fingerprint density at radius 3 is 1.58 bits per heavy atom. The van der Waals surface area contributed by atoms with Crippen LogP contribution in [-0.4, -0.2) is 67.8 Å². The second-order valence-electron chi connectivity index (χ2n) is 9.14. The molecular formula is C26H54ClNO3. The SMILES string of the molecule is CCCCCCCC/C=C\CCCCCCCCOCCC[N+](C)(CCO)CCO.[Cl-]. The number of likely N-dealkylation sites (N-methyl/N-ethyl adjacent to an activating group) is 1. The van der Waals surface area contributed by atoms with Gasteiger partial charge in [0.25, 0.3) is 0 Å². The molecule has 0 aromatic carbocycles. The van der Waals surface area contributed by atoms with Gasteiger partial charge < -0.3 is 31.8 Å². The van der Waals surface area contributed by atoms with Crippen LogP contribution in [0.25, 0.3) is 0 Å². The number of halogens is 1. The molecule has 0 aliphatic rings. The second kappa shape index (κ2) is 26.1. The molecule has 0 radical (unpaired) electrons. The van der Waals surface area contributed by atoms with Crippen LogP contribution in [0.15, 0.2) is 12.2 Å². The number of rotatable bonds is 24. The second-order valence-corrected chi connectivity index (χ2v) is 9.14. The van der Waals surface area contributed by atoms with Gasteiger partial charge in [-0.3, -0.25) is 0 Å². The third kappa shape index (κ3) is 24.3. The van der Waals surface area contributed by atoms with E-state index in [4.69, 9.17) is 14.9 Å². The maximum atomic E-state index is 9.16. The van der Waals surface area contributed by atoms with Crippen molar-refractivity contribution < 1.29 is 31.8 Å². The maximum absolute atomic E-state index is 9.16. The highest BCUT2D eigenvalue weighted by Gasteiger charge is 2.19. The van der Waals surface area contributed by atoms with Crippen LogP contribution in [0.2, 0.25) is 0 Å². The Hall–Kier alpha value is -0.130. The molecule has 0 aliphatic carbocycles. The Kier molecular flexibility index (Phi) is 27.8. The lowest BCUT2D eigenvalue weighted by Gasteiger charge is -2.33. The van der Waals surface area contributed by atoms with Crippen molar-refractivity contribution in [2.75, 3.05) is 53.1 Å². The van der Waals surface area contributed by atoms with E-state index in [-0.39, 0.29) is 25.6 Å². The van der Waals surface area contributed by atoms with Crippen molar-refractivity contribution >= 4 is 0 Å². The Balaban J connectivity index is 0. The van der Waals surface area contributed by atoms with E-state index >= 15 is 0 Å². The van der Waals surface area contributed by atoms with Gasteiger partial charge in [0, 0.05) is 13.0 Å². The van der Waals surface area contributed by atoms with E-state index in [2.05, 4.69) is 26.1 Å². The molecule has 2 N–H and O–H groups in total. The van der Waals surface area contributed by atoms with E-state index in [9.17, 15) is 0 Å². The highest BCUT2D eigenvalue weighted by molar-refractivity contribution is 4.81. The molecule has 31 heavy (non-hydrogen) atoms. The Labute approximate surface area is 200 Å². The normalized spacial score (nSPS) is 11.9. The minimum Gasteiger partial charge on any atom is -1.00 e. The predicted molar refractivity (Wildman–Crippen MR) is 130 cm³/mol. The summed E-state index contributed by atoms with van der Waals surface area (Å²) in [5, 5.41) is 18.3. The van der Waals surface area contributed by atoms with Crippen LogP contribution in [-0.2, 0) is 4.74 Å². The van der Waals surface area contributed by atoms with Crippen molar-refractivity contribution in [1.29, 1.82) is 0 Å². The average molecular weight is 464 g/mol. The van der Waals surface area contributed by atoms with Crippen molar-refractivity contribution in [2.24, 2.45) is 0 Å². The monoisotopic (exact) mass is 463 g/mol. The number of aliphatic hydroxyl groups excluding tert-OH is 2. The first-order valence-corrected chi connectivity index (χ1v) is 13.0. The zero-order valence-corrected chi connectivity index (χ0v) is 21.6. The molecule has 0 unspecified atom stereocenters. The molecule has 0 fully saturated rings. The van der Waals surface area contributed by atoms with Crippen LogP contribution in [0.5, 0.6) is 0 Å². The Morgan fingerprint density at radius 2 is 1.06 bits per heavy atom. The fraction of sp³-hybridized carbons (Fsp3) is 0.923. The summed E-state index contributed by atoms with van der Waals surface area (Å²) in [4.78, 5) is 0. The van der Waals surface area contributed by atoms with Gasteiger partial charge in [0.05, 0.1) is 33.4 Å². The summed E-state index contributed by atoms with van der Waals surface area (Å²) in [5.41, 5.74) is 0. The van der Waals surface area contributed by atoms with Crippen molar-refractivity contribution in [3.63, 3.8) is 0 Å². The van der Waals surface area contributed by atoms with Crippen LogP contribution < -0.4 is 12.4 Å². The molecule has 0 aromatic rings. The molecular weight excluding hydrogens is 410 g/mol. The lowest BCUT2D eigenvalue weighted by Crippen LogP contribution is -3.00. The van der Waals surface area contributed by atoms with Gasteiger partial charge in [-0.05, 0) is 32.1 Å². The summed E-state index contributed by atoms with van der Waals surface area (Å²) in [6.45, 7) is 6.64. The molecule has 0 aliphatic heterocycles. The minimum atomic E-state index is 0. The molecule has 0 saturated carbocycles. The molecule has 4 nitrogen and oxygen atoms in total.